The van der Waals surface area contributed by atoms with E-state index >= 15 is 0 Å². The zero-order valence-electron chi connectivity index (χ0n) is 11.9. The molecule has 20 heavy (non-hydrogen) atoms. The van der Waals surface area contributed by atoms with Gasteiger partial charge in [0.2, 0.25) is 5.95 Å². The Labute approximate surface area is 119 Å². The fourth-order valence-corrected chi connectivity index (χ4v) is 3.45. The summed E-state index contributed by atoms with van der Waals surface area (Å²) < 4.78 is 12.7. The normalized spacial score (nSPS) is 24.9. The molecule has 1 atom stereocenters. The van der Waals surface area contributed by atoms with Crippen LogP contribution in [0.2, 0.25) is 0 Å². The second-order valence-corrected chi connectivity index (χ2v) is 6.05. The van der Waals surface area contributed by atoms with E-state index in [4.69, 9.17) is 0 Å². The van der Waals surface area contributed by atoms with Gasteiger partial charge in [-0.1, -0.05) is 19.3 Å². The van der Waals surface area contributed by atoms with E-state index < -0.39 is 0 Å². The molecule has 2 aliphatic rings. The fraction of sp³-hybridized carbons (Fsp3) is 0.733. The molecule has 110 valence electrons. The zero-order chi connectivity index (χ0) is 13.8. The van der Waals surface area contributed by atoms with Gasteiger partial charge in [0.05, 0.1) is 12.4 Å². The molecule has 2 fully saturated rings. The summed E-state index contributed by atoms with van der Waals surface area (Å²) in [6.45, 7) is 3.29. The van der Waals surface area contributed by atoms with Crippen molar-refractivity contribution >= 4 is 5.95 Å². The maximum atomic E-state index is 12.7. The zero-order valence-corrected chi connectivity index (χ0v) is 11.9. The lowest BCUT2D eigenvalue weighted by atomic mass is 9.94. The van der Waals surface area contributed by atoms with Crippen molar-refractivity contribution in [1.82, 2.24) is 14.9 Å². The SMILES string of the molecule is Fc1cnc(NC[C@@H]2CCN(C3CCCCC3)C2)nc1. The average Bonchev–Trinajstić information content (AvgIpc) is 2.97. The molecule has 0 unspecified atom stereocenters. The third-order valence-electron chi connectivity index (χ3n) is 4.58. The molecule has 1 N–H and O–H groups in total. The first-order valence-electron chi connectivity index (χ1n) is 7.77. The van der Waals surface area contributed by atoms with Crippen LogP contribution in [0.4, 0.5) is 10.3 Å². The number of likely N-dealkylation sites (tertiary alicyclic amines) is 1. The van der Waals surface area contributed by atoms with Crippen LogP contribution in [0.1, 0.15) is 38.5 Å². The molecule has 0 radical (unpaired) electrons. The Bertz CT molecular complexity index is 416. The predicted molar refractivity (Wildman–Crippen MR) is 77.0 cm³/mol. The number of rotatable bonds is 4. The third-order valence-corrected chi connectivity index (χ3v) is 4.58. The lowest BCUT2D eigenvalue weighted by Gasteiger charge is -2.31. The van der Waals surface area contributed by atoms with Crippen LogP contribution in [0.3, 0.4) is 0 Å². The Morgan fingerprint density at radius 2 is 1.90 bits per heavy atom. The van der Waals surface area contributed by atoms with Gasteiger partial charge in [-0.3, -0.25) is 0 Å². The van der Waals surface area contributed by atoms with Crippen molar-refractivity contribution in [2.75, 3.05) is 25.0 Å². The number of hydrogen-bond donors (Lipinski definition) is 1. The number of aromatic nitrogens is 2. The highest BCUT2D eigenvalue weighted by molar-refractivity contribution is 5.22. The van der Waals surface area contributed by atoms with Crippen LogP contribution in [-0.2, 0) is 0 Å². The maximum absolute atomic E-state index is 12.7. The summed E-state index contributed by atoms with van der Waals surface area (Å²) in [5, 5.41) is 3.22. The molecule has 0 aromatic carbocycles. The summed E-state index contributed by atoms with van der Waals surface area (Å²) in [6, 6.07) is 0.816. The molecule has 4 nitrogen and oxygen atoms in total. The van der Waals surface area contributed by atoms with Crippen LogP contribution in [0.15, 0.2) is 12.4 Å². The van der Waals surface area contributed by atoms with Gasteiger partial charge in [0.15, 0.2) is 5.82 Å². The van der Waals surface area contributed by atoms with Crippen LogP contribution in [0, 0.1) is 11.7 Å². The molecule has 1 aromatic rings. The fourth-order valence-electron chi connectivity index (χ4n) is 3.45. The summed E-state index contributed by atoms with van der Waals surface area (Å²) in [7, 11) is 0. The van der Waals surface area contributed by atoms with Crippen molar-refractivity contribution in [3.63, 3.8) is 0 Å². The smallest absolute Gasteiger partial charge is 0.222 e. The molecule has 2 heterocycles. The summed E-state index contributed by atoms with van der Waals surface area (Å²) in [6.07, 6.45) is 10.6. The first kappa shape index (κ1) is 13.7. The lowest BCUT2D eigenvalue weighted by molar-refractivity contribution is 0.186. The van der Waals surface area contributed by atoms with Gasteiger partial charge in [-0.05, 0) is 31.7 Å². The van der Waals surface area contributed by atoms with E-state index in [-0.39, 0.29) is 5.82 Å². The van der Waals surface area contributed by atoms with Gasteiger partial charge in [-0.25, -0.2) is 14.4 Å². The molecule has 5 heteroatoms. The van der Waals surface area contributed by atoms with E-state index in [1.54, 1.807) is 0 Å². The van der Waals surface area contributed by atoms with Gasteiger partial charge in [0, 0.05) is 19.1 Å². The van der Waals surface area contributed by atoms with Crippen molar-refractivity contribution in [2.45, 2.75) is 44.6 Å². The molecule has 1 aliphatic carbocycles. The van der Waals surface area contributed by atoms with E-state index in [1.165, 1.54) is 64.0 Å². The molecule has 0 amide bonds. The maximum Gasteiger partial charge on any atom is 0.222 e. The highest BCUT2D eigenvalue weighted by Crippen LogP contribution is 2.27. The topological polar surface area (TPSA) is 41.1 Å². The monoisotopic (exact) mass is 278 g/mol. The minimum Gasteiger partial charge on any atom is -0.354 e. The van der Waals surface area contributed by atoms with Gasteiger partial charge in [-0.2, -0.15) is 0 Å². The van der Waals surface area contributed by atoms with Crippen molar-refractivity contribution in [3.8, 4) is 0 Å². The van der Waals surface area contributed by atoms with Crippen molar-refractivity contribution < 1.29 is 4.39 Å². The number of nitrogens with one attached hydrogen (secondary N) is 1. The first-order valence-corrected chi connectivity index (χ1v) is 7.77. The Morgan fingerprint density at radius 3 is 2.65 bits per heavy atom. The molecular formula is C15H23FN4. The van der Waals surface area contributed by atoms with E-state index in [2.05, 4.69) is 20.2 Å². The second kappa shape index (κ2) is 6.48. The van der Waals surface area contributed by atoms with Crippen LogP contribution < -0.4 is 5.32 Å². The Hall–Kier alpha value is -1.23. The average molecular weight is 278 g/mol. The molecule has 1 aromatic heterocycles. The van der Waals surface area contributed by atoms with Crippen LogP contribution in [0.5, 0.6) is 0 Å². The second-order valence-electron chi connectivity index (χ2n) is 6.05. The summed E-state index contributed by atoms with van der Waals surface area (Å²) in [5.41, 5.74) is 0. The summed E-state index contributed by atoms with van der Waals surface area (Å²) >= 11 is 0. The Kier molecular flexibility index (Phi) is 4.45. The number of halogens is 1. The van der Waals surface area contributed by atoms with Gasteiger partial charge in [-0.15, -0.1) is 0 Å². The van der Waals surface area contributed by atoms with Gasteiger partial charge < -0.3 is 10.2 Å². The minimum atomic E-state index is -0.389. The highest BCUT2D eigenvalue weighted by atomic mass is 19.1. The third kappa shape index (κ3) is 3.45. The summed E-state index contributed by atoms with van der Waals surface area (Å²) in [5.74, 6) is 0.799. The van der Waals surface area contributed by atoms with Gasteiger partial charge in [0.1, 0.15) is 0 Å². The molecular weight excluding hydrogens is 255 g/mol. The molecule has 1 saturated carbocycles. The quantitative estimate of drug-likeness (QED) is 0.919. The molecule has 0 bridgehead atoms. The first-order chi connectivity index (χ1) is 9.81. The van der Waals surface area contributed by atoms with Crippen molar-refractivity contribution in [2.24, 2.45) is 5.92 Å². The van der Waals surface area contributed by atoms with Crippen LogP contribution in [0.25, 0.3) is 0 Å². The largest absolute Gasteiger partial charge is 0.354 e. The molecule has 1 saturated heterocycles. The Morgan fingerprint density at radius 1 is 1.15 bits per heavy atom. The number of anilines is 1. The van der Waals surface area contributed by atoms with E-state index in [9.17, 15) is 4.39 Å². The van der Waals surface area contributed by atoms with E-state index in [0.29, 0.717) is 11.9 Å². The van der Waals surface area contributed by atoms with Crippen LogP contribution in [-0.4, -0.2) is 40.5 Å². The van der Waals surface area contributed by atoms with Gasteiger partial charge >= 0.3 is 0 Å². The number of hydrogen-bond acceptors (Lipinski definition) is 4. The van der Waals surface area contributed by atoms with Crippen molar-refractivity contribution in [1.29, 1.82) is 0 Å². The lowest BCUT2D eigenvalue weighted by Crippen LogP contribution is -2.35. The van der Waals surface area contributed by atoms with E-state index in [1.807, 2.05) is 0 Å². The standard InChI is InChI=1S/C15H23FN4/c16-13-9-18-15(19-10-13)17-8-12-6-7-20(11-12)14-4-2-1-3-5-14/h9-10,12,14H,1-8,11H2,(H,17,18,19)/t12-/m0/s1. The highest BCUT2D eigenvalue weighted by Gasteiger charge is 2.28. The summed E-state index contributed by atoms with van der Waals surface area (Å²) in [4.78, 5) is 10.5. The number of nitrogens with zero attached hydrogens (tertiary/aromatic N) is 3. The minimum absolute atomic E-state index is 0.389. The molecule has 1 aliphatic heterocycles. The van der Waals surface area contributed by atoms with Crippen molar-refractivity contribution in [3.05, 3.63) is 18.2 Å². The van der Waals surface area contributed by atoms with E-state index in [0.717, 1.165) is 12.6 Å². The van der Waals surface area contributed by atoms with Crippen LogP contribution >= 0.6 is 0 Å². The Balaban J connectivity index is 1.44. The molecule has 0 spiro atoms. The molecule has 3 rings (SSSR count). The van der Waals surface area contributed by atoms with Gasteiger partial charge in [0.25, 0.3) is 0 Å². The predicted octanol–water partition coefficient (Wildman–Crippen LogP) is 2.68.